The molecule has 0 heterocycles. The number of halogens is 4. The largest absolute Gasteiger partial charge is 0.416 e. The van der Waals surface area contributed by atoms with Crippen LogP contribution >= 0.6 is 0 Å². The molecule has 5 heteroatoms. The van der Waals surface area contributed by atoms with Crippen LogP contribution in [0.5, 0.6) is 0 Å². The molecule has 0 spiro atoms. The van der Waals surface area contributed by atoms with Crippen molar-refractivity contribution < 1.29 is 22.4 Å². The maximum absolute atomic E-state index is 12.8. The van der Waals surface area contributed by atoms with E-state index in [1.807, 2.05) is 13.8 Å². The lowest BCUT2D eigenvalue weighted by atomic mass is 10.1. The molecule has 0 saturated heterocycles. The maximum Gasteiger partial charge on any atom is 0.416 e. The summed E-state index contributed by atoms with van der Waals surface area (Å²) < 4.78 is 49.2. The molecule has 0 bridgehead atoms. The number of Topliss-reactive ketones (excluding diaryl/α,β-unsaturated/α-hetero) is 1. The highest BCUT2D eigenvalue weighted by Gasteiger charge is 2.31. The SMILES string of the molecule is CC.CC(=O)c1cc(C(F)(F)F)ccc1F. The number of carbonyl (C=O) groups excluding carboxylic acids is 1. The molecule has 0 N–H and O–H groups in total. The van der Waals surface area contributed by atoms with Gasteiger partial charge in [0, 0.05) is 0 Å². The normalized spacial score (nSPS) is 10.4. The van der Waals surface area contributed by atoms with Gasteiger partial charge >= 0.3 is 6.18 Å². The number of benzene rings is 1. The van der Waals surface area contributed by atoms with Crippen LogP contribution in [0.25, 0.3) is 0 Å². The summed E-state index contributed by atoms with van der Waals surface area (Å²) in [6.07, 6.45) is -4.56. The van der Waals surface area contributed by atoms with E-state index < -0.39 is 28.9 Å². The summed E-state index contributed by atoms with van der Waals surface area (Å²) >= 11 is 0. The second-order valence-corrected chi connectivity index (χ2v) is 2.75. The standard InChI is InChI=1S/C9H6F4O.C2H6/c1-5(14)7-4-6(9(11,12)13)2-3-8(7)10;1-2/h2-4H,1H3;1-2H3. The third-order valence-electron chi connectivity index (χ3n) is 1.67. The van der Waals surface area contributed by atoms with Crippen molar-refractivity contribution in [1.29, 1.82) is 0 Å². The first-order chi connectivity index (χ1) is 7.32. The Kier molecular flexibility index (Phi) is 5.14. The first-order valence-electron chi connectivity index (χ1n) is 4.70. The third kappa shape index (κ3) is 3.64. The zero-order chi connectivity index (χ0) is 12.9. The molecule has 0 aliphatic rings. The zero-order valence-corrected chi connectivity index (χ0v) is 9.15. The van der Waals surface area contributed by atoms with Crippen LogP contribution in [0.3, 0.4) is 0 Å². The molecule has 16 heavy (non-hydrogen) atoms. The molecule has 0 aliphatic heterocycles. The van der Waals surface area contributed by atoms with Gasteiger partial charge in [-0.2, -0.15) is 13.2 Å². The summed E-state index contributed by atoms with van der Waals surface area (Å²) in [5, 5.41) is 0. The van der Waals surface area contributed by atoms with Crippen molar-refractivity contribution in [3.05, 3.63) is 35.1 Å². The van der Waals surface area contributed by atoms with Crippen LogP contribution < -0.4 is 0 Å². The Hall–Kier alpha value is -1.39. The predicted molar refractivity (Wildman–Crippen MR) is 52.8 cm³/mol. The number of hydrogen-bond acceptors (Lipinski definition) is 1. The van der Waals surface area contributed by atoms with Gasteiger partial charge in [0.1, 0.15) is 5.82 Å². The lowest BCUT2D eigenvalue weighted by Crippen LogP contribution is -2.07. The van der Waals surface area contributed by atoms with Gasteiger partial charge in [-0.05, 0) is 25.1 Å². The van der Waals surface area contributed by atoms with Gasteiger partial charge in [-0.3, -0.25) is 4.79 Å². The molecular weight excluding hydrogens is 224 g/mol. The Balaban J connectivity index is 0.00000106. The van der Waals surface area contributed by atoms with Crippen molar-refractivity contribution in [3.63, 3.8) is 0 Å². The number of rotatable bonds is 1. The average Bonchev–Trinajstić information content (AvgIpc) is 2.19. The monoisotopic (exact) mass is 236 g/mol. The van der Waals surface area contributed by atoms with E-state index >= 15 is 0 Å². The van der Waals surface area contributed by atoms with Gasteiger partial charge in [0.15, 0.2) is 5.78 Å². The Bertz CT molecular complexity index is 369. The summed E-state index contributed by atoms with van der Waals surface area (Å²) in [5.74, 6) is -1.67. The van der Waals surface area contributed by atoms with Crippen LogP contribution in [0.15, 0.2) is 18.2 Å². The molecule has 0 radical (unpaired) electrons. The zero-order valence-electron chi connectivity index (χ0n) is 9.15. The Morgan fingerprint density at radius 2 is 1.69 bits per heavy atom. The number of ketones is 1. The molecule has 1 aromatic carbocycles. The van der Waals surface area contributed by atoms with Gasteiger partial charge in [-0.25, -0.2) is 4.39 Å². The maximum atomic E-state index is 12.8. The molecule has 0 aliphatic carbocycles. The van der Waals surface area contributed by atoms with E-state index in [0.717, 1.165) is 6.92 Å². The van der Waals surface area contributed by atoms with E-state index in [1.54, 1.807) is 0 Å². The third-order valence-corrected chi connectivity index (χ3v) is 1.67. The van der Waals surface area contributed by atoms with Crippen molar-refractivity contribution >= 4 is 5.78 Å². The number of carbonyl (C=O) groups is 1. The first kappa shape index (κ1) is 14.6. The molecule has 0 fully saturated rings. The fraction of sp³-hybridized carbons (Fsp3) is 0.364. The van der Waals surface area contributed by atoms with Crippen LogP contribution in [-0.2, 0) is 6.18 Å². The molecule has 0 saturated carbocycles. The van der Waals surface area contributed by atoms with E-state index in [9.17, 15) is 22.4 Å². The Morgan fingerprint density at radius 1 is 1.19 bits per heavy atom. The average molecular weight is 236 g/mol. The quantitative estimate of drug-likeness (QED) is 0.530. The van der Waals surface area contributed by atoms with E-state index in [1.165, 1.54) is 0 Å². The van der Waals surface area contributed by atoms with Crippen molar-refractivity contribution in [2.45, 2.75) is 26.9 Å². The van der Waals surface area contributed by atoms with Gasteiger partial charge in [-0.15, -0.1) is 0 Å². The number of alkyl halides is 3. The summed E-state index contributed by atoms with van der Waals surface area (Å²) in [6, 6.07) is 1.75. The van der Waals surface area contributed by atoms with Gasteiger partial charge in [0.25, 0.3) is 0 Å². The predicted octanol–water partition coefficient (Wildman–Crippen LogP) is 4.07. The van der Waals surface area contributed by atoms with Gasteiger partial charge in [-0.1, -0.05) is 13.8 Å². The fourth-order valence-electron chi connectivity index (χ4n) is 0.971. The molecule has 0 amide bonds. The van der Waals surface area contributed by atoms with E-state index in [4.69, 9.17) is 0 Å². The van der Waals surface area contributed by atoms with Gasteiger partial charge in [0.2, 0.25) is 0 Å². The highest BCUT2D eigenvalue weighted by atomic mass is 19.4. The Labute approximate surface area is 91.1 Å². The van der Waals surface area contributed by atoms with Gasteiger partial charge in [0.05, 0.1) is 11.1 Å². The molecule has 1 aromatic rings. The van der Waals surface area contributed by atoms with Crippen LogP contribution in [0.1, 0.15) is 36.7 Å². The first-order valence-corrected chi connectivity index (χ1v) is 4.70. The minimum absolute atomic E-state index is 0.512. The summed E-state index contributed by atoms with van der Waals surface area (Å²) in [6.45, 7) is 5.01. The highest BCUT2D eigenvalue weighted by molar-refractivity contribution is 5.94. The fourth-order valence-corrected chi connectivity index (χ4v) is 0.971. The Morgan fingerprint density at radius 3 is 2.06 bits per heavy atom. The molecular formula is C11H12F4O. The smallest absolute Gasteiger partial charge is 0.294 e. The van der Waals surface area contributed by atoms with Crippen LogP contribution in [-0.4, -0.2) is 5.78 Å². The van der Waals surface area contributed by atoms with Gasteiger partial charge < -0.3 is 0 Å². The number of hydrogen-bond donors (Lipinski definition) is 0. The second-order valence-electron chi connectivity index (χ2n) is 2.75. The summed E-state index contributed by atoms with van der Waals surface area (Å²) in [7, 11) is 0. The lowest BCUT2D eigenvalue weighted by Gasteiger charge is -2.07. The van der Waals surface area contributed by atoms with E-state index in [0.29, 0.717) is 18.2 Å². The summed E-state index contributed by atoms with van der Waals surface area (Å²) in [5.41, 5.74) is -1.57. The van der Waals surface area contributed by atoms with E-state index in [2.05, 4.69) is 0 Å². The topological polar surface area (TPSA) is 17.1 Å². The van der Waals surface area contributed by atoms with Crippen molar-refractivity contribution in [1.82, 2.24) is 0 Å². The minimum atomic E-state index is -4.56. The molecule has 0 unspecified atom stereocenters. The molecule has 0 atom stereocenters. The van der Waals surface area contributed by atoms with Crippen LogP contribution in [0.2, 0.25) is 0 Å². The van der Waals surface area contributed by atoms with Crippen molar-refractivity contribution in [2.24, 2.45) is 0 Å². The minimum Gasteiger partial charge on any atom is -0.294 e. The van der Waals surface area contributed by atoms with Crippen molar-refractivity contribution in [3.8, 4) is 0 Å². The molecule has 90 valence electrons. The summed E-state index contributed by atoms with van der Waals surface area (Å²) in [4.78, 5) is 10.7. The van der Waals surface area contributed by atoms with Crippen molar-refractivity contribution in [2.75, 3.05) is 0 Å². The van der Waals surface area contributed by atoms with Crippen LogP contribution in [0, 0.1) is 5.82 Å². The molecule has 1 rings (SSSR count). The van der Waals surface area contributed by atoms with Crippen LogP contribution in [0.4, 0.5) is 17.6 Å². The highest BCUT2D eigenvalue weighted by Crippen LogP contribution is 2.30. The second kappa shape index (κ2) is 5.63. The lowest BCUT2D eigenvalue weighted by molar-refractivity contribution is -0.137. The molecule has 1 nitrogen and oxygen atoms in total. The molecule has 0 aromatic heterocycles. The van der Waals surface area contributed by atoms with E-state index in [-0.39, 0.29) is 0 Å².